The van der Waals surface area contributed by atoms with Gasteiger partial charge in [-0.05, 0) is 63.1 Å². The normalized spacial score (nSPS) is 12.4. The number of aliphatic hydroxyl groups is 1. The van der Waals surface area contributed by atoms with Crippen LogP contribution < -0.4 is 10.5 Å². The number of nitrogens with two attached hydrogens (primary N) is 1. The second-order valence-electron chi connectivity index (χ2n) is 9.30. The summed E-state index contributed by atoms with van der Waals surface area (Å²) in [5.41, 5.74) is 11.1. The fourth-order valence-electron chi connectivity index (χ4n) is 3.97. The second-order valence-corrected chi connectivity index (χ2v) is 10.4. The van der Waals surface area contributed by atoms with Crippen LogP contribution in [0.5, 0.6) is 0 Å². The van der Waals surface area contributed by atoms with Crippen LogP contribution in [0.3, 0.4) is 0 Å². The third-order valence-electron chi connectivity index (χ3n) is 5.99. The monoisotopic (exact) mass is 508 g/mol. The van der Waals surface area contributed by atoms with Crippen molar-refractivity contribution < 1.29 is 5.11 Å². The number of nitrogens with zero attached hydrogens (tertiary/aromatic N) is 4. The average Bonchev–Trinajstić information content (AvgIpc) is 2.92. The van der Waals surface area contributed by atoms with E-state index in [1.807, 2.05) is 79.7 Å². The standard InChI is InChI=1S/C29H28N6OS/c1-18(22-12-7-13-24(32-22)29(2,3)36)37-35-28-27(30)33-25(19-9-5-4-6-10-19)26(34-28)21-14-15-23-20(17-21)11-8-16-31-23/h4-18,36H,1-3H3,(H2,30,33)(H,34,35). The third-order valence-corrected chi connectivity index (χ3v) is 6.90. The van der Waals surface area contributed by atoms with E-state index in [1.165, 1.54) is 11.9 Å². The largest absolute Gasteiger partial charge is 0.384 e. The van der Waals surface area contributed by atoms with Gasteiger partial charge in [-0.1, -0.05) is 48.5 Å². The van der Waals surface area contributed by atoms with E-state index in [1.54, 1.807) is 20.0 Å². The molecule has 5 aromatic rings. The van der Waals surface area contributed by atoms with Crippen LogP contribution in [0.2, 0.25) is 0 Å². The molecule has 0 bridgehead atoms. The summed E-state index contributed by atoms with van der Waals surface area (Å²) in [6.07, 6.45) is 1.78. The van der Waals surface area contributed by atoms with Crippen molar-refractivity contribution in [2.75, 3.05) is 10.5 Å². The zero-order valence-electron chi connectivity index (χ0n) is 20.9. The molecule has 0 spiro atoms. The molecule has 0 fully saturated rings. The number of fused-ring (bicyclic) bond motifs is 1. The number of benzene rings is 2. The zero-order valence-corrected chi connectivity index (χ0v) is 21.7. The smallest absolute Gasteiger partial charge is 0.179 e. The van der Waals surface area contributed by atoms with E-state index in [2.05, 4.69) is 20.8 Å². The Morgan fingerprint density at radius 1 is 0.865 bits per heavy atom. The third kappa shape index (κ3) is 5.40. The number of rotatable bonds is 7. The predicted molar refractivity (Wildman–Crippen MR) is 152 cm³/mol. The van der Waals surface area contributed by atoms with Crippen molar-refractivity contribution in [1.82, 2.24) is 19.9 Å². The Balaban J connectivity index is 1.50. The Kier molecular flexibility index (Phi) is 6.78. The van der Waals surface area contributed by atoms with E-state index in [9.17, 15) is 5.11 Å². The average molecular weight is 509 g/mol. The lowest BCUT2D eigenvalue weighted by atomic mass is 10.0. The molecule has 0 aliphatic heterocycles. The first kappa shape index (κ1) is 24.7. The summed E-state index contributed by atoms with van der Waals surface area (Å²) in [6, 6.07) is 25.6. The number of anilines is 2. The molecular weight excluding hydrogens is 480 g/mol. The first-order valence-electron chi connectivity index (χ1n) is 12.0. The van der Waals surface area contributed by atoms with Crippen LogP contribution in [-0.4, -0.2) is 25.0 Å². The number of hydrogen-bond acceptors (Lipinski definition) is 8. The maximum Gasteiger partial charge on any atom is 0.179 e. The Labute approximate surface area is 220 Å². The van der Waals surface area contributed by atoms with Crippen molar-refractivity contribution in [2.45, 2.75) is 31.6 Å². The minimum absolute atomic E-state index is 0.0347. The lowest BCUT2D eigenvalue weighted by molar-refractivity contribution is 0.0736. The van der Waals surface area contributed by atoms with Gasteiger partial charge in [0.25, 0.3) is 0 Å². The van der Waals surface area contributed by atoms with E-state index in [4.69, 9.17) is 15.7 Å². The van der Waals surface area contributed by atoms with Gasteiger partial charge in [0, 0.05) is 22.7 Å². The minimum atomic E-state index is -1.01. The highest BCUT2D eigenvalue weighted by Crippen LogP contribution is 2.36. The van der Waals surface area contributed by atoms with Gasteiger partial charge in [-0.2, -0.15) is 0 Å². The number of nitrogens with one attached hydrogen (secondary N) is 1. The predicted octanol–water partition coefficient (Wildman–Crippen LogP) is 6.38. The fourth-order valence-corrected chi connectivity index (χ4v) is 4.66. The highest BCUT2D eigenvalue weighted by molar-refractivity contribution is 8.00. The van der Waals surface area contributed by atoms with Crippen LogP contribution in [0.1, 0.15) is 37.4 Å². The second kappa shape index (κ2) is 10.2. The lowest BCUT2D eigenvalue weighted by Gasteiger charge is -2.19. The summed E-state index contributed by atoms with van der Waals surface area (Å²) in [7, 11) is 0. The molecule has 1 atom stereocenters. The van der Waals surface area contributed by atoms with Gasteiger partial charge in [-0.25, -0.2) is 9.97 Å². The molecule has 1 unspecified atom stereocenters. The summed E-state index contributed by atoms with van der Waals surface area (Å²) in [5.74, 6) is 0.791. The summed E-state index contributed by atoms with van der Waals surface area (Å²) >= 11 is 1.44. The van der Waals surface area contributed by atoms with E-state index in [-0.39, 0.29) is 5.25 Å². The molecule has 5 rings (SSSR count). The molecule has 0 saturated carbocycles. The Morgan fingerprint density at radius 2 is 1.65 bits per heavy atom. The first-order chi connectivity index (χ1) is 17.8. The topological polar surface area (TPSA) is 110 Å². The number of aromatic nitrogens is 4. The SMILES string of the molecule is CC(SNc1nc(-c2ccc3ncccc3c2)c(-c2ccccc2)nc1N)c1cccc(C(C)(C)O)n1. The highest BCUT2D eigenvalue weighted by Gasteiger charge is 2.20. The molecule has 0 saturated heterocycles. The van der Waals surface area contributed by atoms with E-state index in [0.717, 1.165) is 33.4 Å². The van der Waals surface area contributed by atoms with E-state index in [0.29, 0.717) is 23.0 Å². The molecule has 3 heterocycles. The molecular formula is C29H28N6OS. The molecule has 0 aliphatic carbocycles. The van der Waals surface area contributed by atoms with Gasteiger partial charge in [-0.3, -0.25) is 9.97 Å². The van der Waals surface area contributed by atoms with Crippen LogP contribution in [0, 0.1) is 0 Å². The summed E-state index contributed by atoms with van der Waals surface area (Å²) in [6.45, 7) is 5.49. The number of nitrogen functional groups attached to an aromatic ring is 1. The summed E-state index contributed by atoms with van der Waals surface area (Å²) < 4.78 is 3.30. The van der Waals surface area contributed by atoms with Crippen molar-refractivity contribution >= 4 is 34.5 Å². The molecule has 0 radical (unpaired) electrons. The van der Waals surface area contributed by atoms with Gasteiger partial charge in [0.05, 0.1) is 33.5 Å². The molecule has 0 amide bonds. The van der Waals surface area contributed by atoms with E-state index < -0.39 is 5.60 Å². The molecule has 37 heavy (non-hydrogen) atoms. The lowest BCUT2D eigenvalue weighted by Crippen LogP contribution is -2.18. The Hall–Kier alpha value is -4.01. The minimum Gasteiger partial charge on any atom is -0.384 e. The van der Waals surface area contributed by atoms with Crippen molar-refractivity contribution in [3.63, 3.8) is 0 Å². The quantitative estimate of drug-likeness (QED) is 0.217. The first-order valence-corrected chi connectivity index (χ1v) is 12.9. The van der Waals surface area contributed by atoms with Gasteiger partial charge in [0.15, 0.2) is 11.6 Å². The molecule has 4 N–H and O–H groups in total. The maximum absolute atomic E-state index is 10.3. The van der Waals surface area contributed by atoms with Crippen molar-refractivity contribution in [2.24, 2.45) is 0 Å². The van der Waals surface area contributed by atoms with Gasteiger partial charge >= 0.3 is 0 Å². The molecule has 8 heteroatoms. The van der Waals surface area contributed by atoms with Gasteiger partial charge < -0.3 is 15.6 Å². The Morgan fingerprint density at radius 3 is 2.43 bits per heavy atom. The number of hydrogen-bond donors (Lipinski definition) is 3. The molecule has 0 aliphatic rings. The van der Waals surface area contributed by atoms with Crippen LogP contribution in [0.15, 0.2) is 85.1 Å². The van der Waals surface area contributed by atoms with E-state index >= 15 is 0 Å². The molecule has 2 aromatic carbocycles. The molecule has 7 nitrogen and oxygen atoms in total. The van der Waals surface area contributed by atoms with Crippen molar-refractivity contribution in [3.8, 4) is 22.5 Å². The molecule has 3 aromatic heterocycles. The van der Waals surface area contributed by atoms with Crippen LogP contribution >= 0.6 is 11.9 Å². The number of pyridine rings is 2. The van der Waals surface area contributed by atoms with Crippen molar-refractivity contribution in [1.29, 1.82) is 0 Å². The highest BCUT2D eigenvalue weighted by atomic mass is 32.2. The maximum atomic E-state index is 10.3. The fraction of sp³-hybridized carbons (Fsp3) is 0.172. The summed E-state index contributed by atoms with van der Waals surface area (Å²) in [5, 5.41) is 11.3. The molecule has 186 valence electrons. The van der Waals surface area contributed by atoms with Crippen LogP contribution in [-0.2, 0) is 5.60 Å². The van der Waals surface area contributed by atoms with Crippen LogP contribution in [0.25, 0.3) is 33.4 Å². The van der Waals surface area contributed by atoms with Gasteiger partial charge in [0.1, 0.15) is 5.60 Å². The summed E-state index contributed by atoms with van der Waals surface area (Å²) in [4.78, 5) is 18.8. The van der Waals surface area contributed by atoms with Crippen LogP contribution in [0.4, 0.5) is 11.6 Å². The Bertz CT molecular complexity index is 1550. The van der Waals surface area contributed by atoms with Gasteiger partial charge in [-0.15, -0.1) is 0 Å². The van der Waals surface area contributed by atoms with Crippen molar-refractivity contribution in [3.05, 3.63) is 96.4 Å². The zero-order chi connectivity index (χ0) is 26.0. The van der Waals surface area contributed by atoms with Gasteiger partial charge in [0.2, 0.25) is 0 Å².